The number of piperazine rings is 1. The second kappa shape index (κ2) is 30.4. The fourth-order valence-electron chi connectivity index (χ4n) is 7.01. The van der Waals surface area contributed by atoms with Gasteiger partial charge in [0.25, 0.3) is 6.47 Å². The summed E-state index contributed by atoms with van der Waals surface area (Å²) in [6, 6.07) is 4.39. The van der Waals surface area contributed by atoms with Crippen LogP contribution in [0, 0.1) is 12.8 Å². The Labute approximate surface area is 347 Å². The zero-order valence-corrected chi connectivity index (χ0v) is 36.3. The first-order chi connectivity index (χ1) is 28.0. The number of likely N-dealkylation sites (tertiary alicyclic amines) is 1. The molecular formula is C44H73N9O5. The normalized spacial score (nSPS) is 16.2. The van der Waals surface area contributed by atoms with Crippen molar-refractivity contribution in [1.29, 1.82) is 0 Å². The van der Waals surface area contributed by atoms with E-state index in [-0.39, 0.29) is 24.2 Å². The van der Waals surface area contributed by atoms with Gasteiger partial charge in [-0.3, -0.25) is 29.2 Å². The highest BCUT2D eigenvalue weighted by Crippen LogP contribution is 2.24. The van der Waals surface area contributed by atoms with Crippen molar-refractivity contribution in [3.63, 3.8) is 0 Å². The van der Waals surface area contributed by atoms with Crippen molar-refractivity contribution >= 4 is 35.6 Å². The van der Waals surface area contributed by atoms with Gasteiger partial charge in [-0.05, 0) is 114 Å². The minimum atomic E-state index is -0.436. The van der Waals surface area contributed by atoms with Crippen LogP contribution in [0.15, 0.2) is 66.9 Å². The number of carbonyl (C=O) groups excluding carboxylic acids is 3. The highest BCUT2D eigenvalue weighted by molar-refractivity contribution is 5.94. The first-order valence-electron chi connectivity index (χ1n) is 20.7. The number of H-pyrrole nitrogens is 1. The Balaban J connectivity index is 0.00000152. The molecule has 0 radical (unpaired) electrons. The molecule has 58 heavy (non-hydrogen) atoms. The molecule has 4 rings (SSSR count). The quantitative estimate of drug-likeness (QED) is 0.0558. The zero-order chi connectivity index (χ0) is 43.3. The van der Waals surface area contributed by atoms with Crippen molar-refractivity contribution in [2.45, 2.75) is 78.3 Å². The molecule has 0 bridgehead atoms. The van der Waals surface area contributed by atoms with Gasteiger partial charge in [-0.1, -0.05) is 64.6 Å². The Bertz CT molecular complexity index is 1570. The van der Waals surface area contributed by atoms with Gasteiger partial charge in [0.15, 0.2) is 0 Å². The van der Waals surface area contributed by atoms with Crippen LogP contribution in [0.5, 0.6) is 0 Å². The van der Waals surface area contributed by atoms with E-state index in [4.69, 9.17) is 9.90 Å². The molecule has 324 valence electrons. The van der Waals surface area contributed by atoms with Crippen LogP contribution in [0.4, 0.5) is 0 Å². The van der Waals surface area contributed by atoms with Gasteiger partial charge in [-0.15, -0.1) is 0 Å². The van der Waals surface area contributed by atoms with Gasteiger partial charge in [0.05, 0.1) is 17.8 Å². The molecule has 2 aliphatic rings. The molecule has 2 unspecified atom stereocenters. The SMILES string of the molecule is C=C/C=C(C=C)/C=C(\C(=O)NC)C(CCNC=O)CCNC(Cc1cc(C)c2[nH]ncc2c1)C(=O)N1CCN(C2CCN(C)CC2)CC1.CCC.CCNC.O=CO. The number of likely N-dealkylation sites (N-methyl/N-ethyl adjacent to an activating group) is 1. The number of fused-ring (bicyclic) bond motifs is 1. The van der Waals surface area contributed by atoms with Gasteiger partial charge in [0, 0.05) is 56.8 Å². The van der Waals surface area contributed by atoms with Gasteiger partial charge in [0.2, 0.25) is 18.2 Å². The predicted octanol–water partition coefficient (Wildman–Crippen LogP) is 4.07. The summed E-state index contributed by atoms with van der Waals surface area (Å²) >= 11 is 0. The van der Waals surface area contributed by atoms with Crippen molar-refractivity contribution in [3.8, 4) is 0 Å². The van der Waals surface area contributed by atoms with Gasteiger partial charge in [-0.25, -0.2) is 0 Å². The average Bonchev–Trinajstić information content (AvgIpc) is 3.71. The zero-order valence-electron chi connectivity index (χ0n) is 36.3. The molecular weight excluding hydrogens is 735 g/mol. The summed E-state index contributed by atoms with van der Waals surface area (Å²) < 4.78 is 0. The Morgan fingerprint density at radius 3 is 2.19 bits per heavy atom. The molecule has 3 amide bonds. The topological polar surface area (TPSA) is 175 Å². The summed E-state index contributed by atoms with van der Waals surface area (Å²) in [6.45, 7) is 23.2. The number of allylic oxidation sites excluding steroid dienone is 5. The van der Waals surface area contributed by atoms with E-state index in [0.717, 1.165) is 60.3 Å². The number of benzene rings is 1. The summed E-state index contributed by atoms with van der Waals surface area (Å²) in [6.07, 6.45) is 14.8. The van der Waals surface area contributed by atoms with Gasteiger partial charge in [-0.2, -0.15) is 5.10 Å². The van der Waals surface area contributed by atoms with Crippen molar-refractivity contribution < 1.29 is 24.3 Å². The summed E-state index contributed by atoms with van der Waals surface area (Å²) in [4.78, 5) is 53.7. The van der Waals surface area contributed by atoms with E-state index in [2.05, 4.69) is 101 Å². The van der Waals surface area contributed by atoms with E-state index >= 15 is 0 Å². The minimum absolute atomic E-state index is 0.104. The number of aryl methyl sites for hydroxylation is 1. The number of hydrogen-bond acceptors (Lipinski definition) is 9. The maximum atomic E-state index is 14.2. The molecule has 1 aromatic carbocycles. The molecule has 3 heterocycles. The van der Waals surface area contributed by atoms with E-state index in [0.29, 0.717) is 63.5 Å². The number of carboxylic acid groups (broad SMARTS) is 1. The van der Waals surface area contributed by atoms with Crippen LogP contribution in [0.25, 0.3) is 10.9 Å². The number of carbonyl (C=O) groups is 4. The molecule has 6 N–H and O–H groups in total. The van der Waals surface area contributed by atoms with Gasteiger partial charge in [0.1, 0.15) is 0 Å². The third-order valence-electron chi connectivity index (χ3n) is 10.1. The number of rotatable bonds is 18. The smallest absolute Gasteiger partial charge is 0.290 e. The lowest BCUT2D eigenvalue weighted by Gasteiger charge is -2.43. The Morgan fingerprint density at radius 1 is 1.02 bits per heavy atom. The fraction of sp³-hybridized carbons (Fsp3) is 0.568. The van der Waals surface area contributed by atoms with E-state index in [1.54, 1.807) is 25.3 Å². The summed E-state index contributed by atoms with van der Waals surface area (Å²) in [7, 11) is 5.73. The average molecular weight is 808 g/mol. The van der Waals surface area contributed by atoms with E-state index in [1.807, 2.05) is 24.2 Å². The minimum Gasteiger partial charge on any atom is -0.483 e. The van der Waals surface area contributed by atoms with Crippen molar-refractivity contribution in [1.82, 2.24) is 46.2 Å². The fourth-order valence-corrected chi connectivity index (χ4v) is 7.01. The van der Waals surface area contributed by atoms with Crippen molar-refractivity contribution in [2.75, 3.05) is 80.0 Å². The van der Waals surface area contributed by atoms with Gasteiger partial charge >= 0.3 is 0 Å². The lowest BCUT2D eigenvalue weighted by molar-refractivity contribution is -0.135. The molecule has 14 heteroatoms. The molecule has 2 atom stereocenters. The molecule has 2 saturated heterocycles. The van der Waals surface area contributed by atoms with E-state index < -0.39 is 6.04 Å². The Morgan fingerprint density at radius 2 is 1.64 bits per heavy atom. The highest BCUT2D eigenvalue weighted by atomic mass is 16.3. The third kappa shape index (κ3) is 18.3. The second-order valence-electron chi connectivity index (χ2n) is 14.5. The standard InChI is InChI=1S/C37H54N8O3.C3H9N.C3H8.CH2O2/c1-6-8-28(7-2)23-33(36(47)38-4)30(9-13-39-26-46)10-14-40-34(24-29-21-27(3)35-31(22-29)25-41-42-35)37(48)45-19-17-44(18-20-45)32-11-15-43(5)16-12-32;1-3-4-2;1-3-2;2-1-3/h6-8,21-23,25-26,30,32,34,40H,1-2,9-20,24H2,3-5H3,(H,38,47)(H,39,46)(H,41,42);4H,3H2,1-2H3;3H2,1-2H3;1H,(H,2,3)/b28-8+,33-23-;;;. The number of nitrogens with one attached hydrogen (secondary N) is 5. The number of hydrogen-bond donors (Lipinski definition) is 6. The summed E-state index contributed by atoms with van der Waals surface area (Å²) in [5.74, 6) is -0.273. The van der Waals surface area contributed by atoms with Crippen LogP contribution in [0.1, 0.15) is 64.0 Å². The predicted molar refractivity (Wildman–Crippen MR) is 237 cm³/mol. The largest absolute Gasteiger partial charge is 0.483 e. The number of aromatic amines is 1. The van der Waals surface area contributed by atoms with Crippen LogP contribution < -0.4 is 21.3 Å². The molecule has 0 saturated carbocycles. The molecule has 0 spiro atoms. The highest BCUT2D eigenvalue weighted by Gasteiger charge is 2.31. The maximum absolute atomic E-state index is 14.2. The molecule has 2 aliphatic heterocycles. The molecule has 0 aliphatic carbocycles. The van der Waals surface area contributed by atoms with Crippen LogP contribution in [0.3, 0.4) is 0 Å². The maximum Gasteiger partial charge on any atom is 0.290 e. The lowest BCUT2D eigenvalue weighted by atomic mass is 9.89. The monoisotopic (exact) mass is 808 g/mol. The summed E-state index contributed by atoms with van der Waals surface area (Å²) in [5.41, 5.74) is 4.52. The van der Waals surface area contributed by atoms with Crippen LogP contribution in [0.2, 0.25) is 0 Å². The van der Waals surface area contributed by atoms with Crippen LogP contribution >= 0.6 is 0 Å². The van der Waals surface area contributed by atoms with Crippen molar-refractivity contribution in [3.05, 3.63) is 78.1 Å². The van der Waals surface area contributed by atoms with Crippen LogP contribution in [-0.2, 0) is 25.6 Å². The third-order valence-corrected chi connectivity index (χ3v) is 10.1. The number of aromatic nitrogens is 2. The molecule has 14 nitrogen and oxygen atoms in total. The van der Waals surface area contributed by atoms with E-state index in [1.165, 1.54) is 19.3 Å². The van der Waals surface area contributed by atoms with E-state index in [9.17, 15) is 14.4 Å². The first-order valence-corrected chi connectivity index (χ1v) is 20.7. The Kier molecular flexibility index (Phi) is 27.0. The van der Waals surface area contributed by atoms with Crippen molar-refractivity contribution in [2.24, 2.45) is 5.92 Å². The molecule has 2 fully saturated rings. The molecule has 2 aromatic rings. The summed E-state index contributed by atoms with van der Waals surface area (Å²) in [5, 5.41) is 27.2. The second-order valence-corrected chi connectivity index (χ2v) is 14.5. The number of piperidine rings is 1. The lowest BCUT2D eigenvalue weighted by Crippen LogP contribution is -2.57. The molecule has 1 aromatic heterocycles. The Hall–Kier alpha value is -4.63. The number of amides is 3. The van der Waals surface area contributed by atoms with Gasteiger partial charge < -0.3 is 36.2 Å². The number of nitrogens with zero attached hydrogens (tertiary/aromatic N) is 4. The first kappa shape index (κ1) is 51.4. The van der Waals surface area contributed by atoms with Crippen LogP contribution in [-0.4, -0.2) is 147 Å².